The van der Waals surface area contributed by atoms with Crippen LogP contribution in [0.1, 0.15) is 22.3 Å². The summed E-state index contributed by atoms with van der Waals surface area (Å²) in [6.45, 7) is 0.733. The average molecular weight is 313 g/mol. The Kier molecular flexibility index (Phi) is 4.39. The number of aryl methyl sites for hydroxylation is 1. The van der Waals surface area contributed by atoms with Gasteiger partial charge < -0.3 is 9.64 Å². The summed E-state index contributed by atoms with van der Waals surface area (Å²) < 4.78 is 5.47. The first-order valence-electron chi connectivity index (χ1n) is 7.36. The van der Waals surface area contributed by atoms with Crippen molar-refractivity contribution < 1.29 is 9.53 Å². The second-order valence-corrected chi connectivity index (χ2v) is 6.14. The number of hydrogen-bond donors (Lipinski definition) is 0. The van der Waals surface area contributed by atoms with Crippen LogP contribution in [-0.4, -0.2) is 25.8 Å². The first kappa shape index (κ1) is 15.0. The van der Waals surface area contributed by atoms with Gasteiger partial charge in [-0.25, -0.2) is 0 Å². The highest BCUT2D eigenvalue weighted by Crippen LogP contribution is 2.37. The standard InChI is InChI=1S/C18H19NO2S/c1-21-16-7-3-5-13-6-4-12-19(17(13)16)18(20)14-8-10-15(22-2)11-9-14/h3,5,7-11H,4,6,12H2,1-2H3. The SMILES string of the molecule is COc1cccc2c1N(C(=O)c1ccc(SC)cc1)CCC2. The normalized spacial score (nSPS) is 13.6. The van der Waals surface area contributed by atoms with Crippen LogP contribution in [0.15, 0.2) is 47.4 Å². The number of carbonyl (C=O) groups excluding carboxylic acids is 1. The van der Waals surface area contributed by atoms with Gasteiger partial charge in [0.1, 0.15) is 5.75 Å². The van der Waals surface area contributed by atoms with E-state index in [4.69, 9.17) is 4.74 Å². The van der Waals surface area contributed by atoms with E-state index in [9.17, 15) is 4.79 Å². The summed E-state index contributed by atoms with van der Waals surface area (Å²) in [5.74, 6) is 0.810. The zero-order valence-electron chi connectivity index (χ0n) is 12.8. The second kappa shape index (κ2) is 6.44. The van der Waals surface area contributed by atoms with E-state index in [-0.39, 0.29) is 5.91 Å². The molecule has 0 N–H and O–H groups in total. The monoisotopic (exact) mass is 313 g/mol. The quantitative estimate of drug-likeness (QED) is 0.802. The van der Waals surface area contributed by atoms with Crippen LogP contribution in [0.25, 0.3) is 0 Å². The largest absolute Gasteiger partial charge is 0.495 e. The molecular formula is C18H19NO2S. The lowest BCUT2D eigenvalue weighted by Crippen LogP contribution is -2.35. The van der Waals surface area contributed by atoms with E-state index in [1.54, 1.807) is 18.9 Å². The highest BCUT2D eigenvalue weighted by molar-refractivity contribution is 7.98. The fraction of sp³-hybridized carbons (Fsp3) is 0.278. The number of ether oxygens (including phenoxy) is 1. The molecule has 0 spiro atoms. The summed E-state index contributed by atoms with van der Waals surface area (Å²) in [6.07, 6.45) is 4.00. The van der Waals surface area contributed by atoms with E-state index in [1.165, 1.54) is 5.56 Å². The van der Waals surface area contributed by atoms with Gasteiger partial charge in [-0.3, -0.25) is 4.79 Å². The van der Waals surface area contributed by atoms with Crippen molar-refractivity contribution in [2.75, 3.05) is 24.8 Å². The maximum atomic E-state index is 12.9. The van der Waals surface area contributed by atoms with Gasteiger partial charge in [-0.05, 0) is 55.0 Å². The Hall–Kier alpha value is -1.94. The topological polar surface area (TPSA) is 29.5 Å². The molecule has 0 atom stereocenters. The fourth-order valence-corrected chi connectivity index (χ4v) is 3.28. The van der Waals surface area contributed by atoms with Crippen molar-refractivity contribution in [3.8, 4) is 5.75 Å². The van der Waals surface area contributed by atoms with E-state index >= 15 is 0 Å². The zero-order chi connectivity index (χ0) is 15.5. The Morgan fingerprint density at radius 3 is 2.64 bits per heavy atom. The molecule has 0 saturated heterocycles. The van der Waals surface area contributed by atoms with Crippen molar-refractivity contribution >= 4 is 23.4 Å². The molecule has 0 aromatic heterocycles. The van der Waals surface area contributed by atoms with Crippen molar-refractivity contribution in [3.63, 3.8) is 0 Å². The molecule has 0 aliphatic carbocycles. The van der Waals surface area contributed by atoms with Gasteiger partial charge in [0.15, 0.2) is 0 Å². The molecule has 1 amide bonds. The molecule has 0 bridgehead atoms. The van der Waals surface area contributed by atoms with Crippen LogP contribution in [0.2, 0.25) is 0 Å². The van der Waals surface area contributed by atoms with Gasteiger partial charge in [0.05, 0.1) is 12.8 Å². The second-order valence-electron chi connectivity index (χ2n) is 5.26. The number of para-hydroxylation sites is 1. The van der Waals surface area contributed by atoms with Gasteiger partial charge in [0.25, 0.3) is 5.91 Å². The van der Waals surface area contributed by atoms with E-state index in [2.05, 4.69) is 6.07 Å². The van der Waals surface area contributed by atoms with Crippen molar-refractivity contribution in [3.05, 3.63) is 53.6 Å². The lowest BCUT2D eigenvalue weighted by Gasteiger charge is -2.31. The lowest BCUT2D eigenvalue weighted by atomic mass is 10.00. The van der Waals surface area contributed by atoms with Crippen LogP contribution >= 0.6 is 11.8 Å². The van der Waals surface area contributed by atoms with Crippen molar-refractivity contribution in [1.29, 1.82) is 0 Å². The van der Waals surface area contributed by atoms with E-state index in [0.717, 1.165) is 41.3 Å². The molecule has 0 unspecified atom stereocenters. The molecule has 0 radical (unpaired) electrons. The Morgan fingerprint density at radius 1 is 1.18 bits per heavy atom. The Bertz CT molecular complexity index is 668. The highest BCUT2D eigenvalue weighted by atomic mass is 32.2. The third-order valence-electron chi connectivity index (χ3n) is 3.98. The zero-order valence-corrected chi connectivity index (χ0v) is 13.7. The first-order valence-corrected chi connectivity index (χ1v) is 8.59. The predicted molar refractivity (Wildman–Crippen MR) is 91.2 cm³/mol. The Labute approximate surface area is 135 Å². The molecule has 0 saturated carbocycles. The molecular weight excluding hydrogens is 294 g/mol. The summed E-state index contributed by atoms with van der Waals surface area (Å²) >= 11 is 1.67. The van der Waals surface area contributed by atoms with Gasteiger partial charge in [0, 0.05) is 17.0 Å². The summed E-state index contributed by atoms with van der Waals surface area (Å²) in [6, 6.07) is 13.8. The number of fused-ring (bicyclic) bond motifs is 1. The van der Waals surface area contributed by atoms with Crippen LogP contribution in [-0.2, 0) is 6.42 Å². The van der Waals surface area contributed by atoms with Gasteiger partial charge in [0.2, 0.25) is 0 Å². The maximum Gasteiger partial charge on any atom is 0.258 e. The first-order chi connectivity index (χ1) is 10.7. The molecule has 3 nitrogen and oxygen atoms in total. The van der Waals surface area contributed by atoms with Crippen molar-refractivity contribution in [1.82, 2.24) is 0 Å². The predicted octanol–water partition coefficient (Wildman–Crippen LogP) is 4.01. The van der Waals surface area contributed by atoms with Gasteiger partial charge >= 0.3 is 0 Å². The van der Waals surface area contributed by atoms with Crippen LogP contribution in [0.5, 0.6) is 5.75 Å². The molecule has 2 aromatic rings. The van der Waals surface area contributed by atoms with Gasteiger partial charge in [-0.15, -0.1) is 11.8 Å². The van der Waals surface area contributed by atoms with Gasteiger partial charge in [-0.1, -0.05) is 12.1 Å². The lowest BCUT2D eigenvalue weighted by molar-refractivity contribution is 0.0984. The molecule has 114 valence electrons. The Morgan fingerprint density at radius 2 is 1.95 bits per heavy atom. The fourth-order valence-electron chi connectivity index (χ4n) is 2.87. The number of benzene rings is 2. The minimum atomic E-state index is 0.0399. The van der Waals surface area contributed by atoms with Crippen LogP contribution in [0, 0.1) is 0 Å². The van der Waals surface area contributed by atoms with Crippen molar-refractivity contribution in [2.24, 2.45) is 0 Å². The number of methoxy groups -OCH3 is 1. The molecule has 3 rings (SSSR count). The molecule has 2 aromatic carbocycles. The molecule has 0 fully saturated rings. The van der Waals surface area contributed by atoms with Crippen molar-refractivity contribution in [2.45, 2.75) is 17.7 Å². The number of carbonyl (C=O) groups is 1. The minimum absolute atomic E-state index is 0.0399. The Balaban J connectivity index is 1.97. The third kappa shape index (κ3) is 2.71. The number of hydrogen-bond acceptors (Lipinski definition) is 3. The maximum absolute atomic E-state index is 12.9. The number of amides is 1. The average Bonchev–Trinajstić information content (AvgIpc) is 2.60. The molecule has 1 aliphatic heterocycles. The third-order valence-corrected chi connectivity index (χ3v) is 4.73. The molecule has 4 heteroatoms. The summed E-state index contributed by atoms with van der Waals surface area (Å²) in [5.41, 5.74) is 2.83. The van der Waals surface area contributed by atoms with E-state index in [0.29, 0.717) is 0 Å². The minimum Gasteiger partial charge on any atom is -0.495 e. The highest BCUT2D eigenvalue weighted by Gasteiger charge is 2.26. The van der Waals surface area contributed by atoms with E-state index < -0.39 is 0 Å². The number of nitrogens with zero attached hydrogens (tertiary/aromatic N) is 1. The number of rotatable bonds is 3. The molecule has 1 heterocycles. The van der Waals surface area contributed by atoms with Crippen LogP contribution in [0.3, 0.4) is 0 Å². The van der Waals surface area contributed by atoms with Crippen LogP contribution in [0.4, 0.5) is 5.69 Å². The molecule has 22 heavy (non-hydrogen) atoms. The summed E-state index contributed by atoms with van der Waals surface area (Å²) in [7, 11) is 1.65. The van der Waals surface area contributed by atoms with E-state index in [1.807, 2.05) is 47.6 Å². The molecule has 1 aliphatic rings. The van der Waals surface area contributed by atoms with Gasteiger partial charge in [-0.2, -0.15) is 0 Å². The summed E-state index contributed by atoms with van der Waals surface area (Å²) in [5, 5.41) is 0. The smallest absolute Gasteiger partial charge is 0.258 e. The number of anilines is 1. The number of thioether (sulfide) groups is 1. The van der Waals surface area contributed by atoms with Crippen LogP contribution < -0.4 is 9.64 Å². The summed E-state index contributed by atoms with van der Waals surface area (Å²) in [4.78, 5) is 15.9.